The Morgan fingerprint density at radius 3 is 3.00 bits per heavy atom. The van der Waals surface area contributed by atoms with Gasteiger partial charge in [0.15, 0.2) is 0 Å². The maximum atomic E-state index is 9.96. The molecule has 3 nitrogen and oxygen atoms in total. The molecule has 0 amide bonds. The van der Waals surface area contributed by atoms with Gasteiger partial charge < -0.3 is 14.6 Å². The lowest BCUT2D eigenvalue weighted by atomic mass is 9.95. The minimum Gasteiger partial charge on any atom is -0.496 e. The van der Waals surface area contributed by atoms with Crippen molar-refractivity contribution in [2.24, 2.45) is 0 Å². The minimum atomic E-state index is -0.530. The summed E-state index contributed by atoms with van der Waals surface area (Å²) in [5, 5.41) is 9.96. The molecule has 0 saturated heterocycles. The molecule has 1 aliphatic rings. The monoisotopic (exact) mass is 208 g/mol. The summed E-state index contributed by atoms with van der Waals surface area (Å²) in [4.78, 5) is 0. The van der Waals surface area contributed by atoms with E-state index in [1.165, 1.54) is 0 Å². The number of aliphatic hydroxyl groups is 1. The molecular formula is C12H16O3. The van der Waals surface area contributed by atoms with Crippen LogP contribution in [0.4, 0.5) is 0 Å². The van der Waals surface area contributed by atoms with Crippen LogP contribution in [0.1, 0.15) is 22.8 Å². The Labute approximate surface area is 89.6 Å². The standard InChI is InChI=1S/C12H16O3/c1-8-3-4-11(14-2)9-5-6-15-7-10(13)12(8)9/h3-4,10,13H,5-7H2,1-2H3. The number of hydrogen-bond acceptors (Lipinski definition) is 3. The van der Waals surface area contributed by atoms with Crippen molar-refractivity contribution >= 4 is 0 Å². The summed E-state index contributed by atoms with van der Waals surface area (Å²) in [7, 11) is 1.66. The van der Waals surface area contributed by atoms with Gasteiger partial charge in [0.05, 0.1) is 20.3 Å². The van der Waals surface area contributed by atoms with Gasteiger partial charge in [-0.15, -0.1) is 0 Å². The van der Waals surface area contributed by atoms with Crippen LogP contribution in [0.15, 0.2) is 12.1 Å². The second kappa shape index (κ2) is 4.21. The summed E-state index contributed by atoms with van der Waals surface area (Å²) >= 11 is 0. The van der Waals surface area contributed by atoms with Crippen molar-refractivity contribution in [3.63, 3.8) is 0 Å². The first-order chi connectivity index (χ1) is 7.24. The number of benzene rings is 1. The Morgan fingerprint density at radius 2 is 2.27 bits per heavy atom. The van der Waals surface area contributed by atoms with E-state index in [1.807, 2.05) is 19.1 Å². The third-order valence-corrected chi connectivity index (χ3v) is 2.86. The molecule has 82 valence electrons. The molecule has 0 saturated carbocycles. The maximum Gasteiger partial charge on any atom is 0.122 e. The van der Waals surface area contributed by atoms with Crippen molar-refractivity contribution in [3.05, 3.63) is 28.8 Å². The van der Waals surface area contributed by atoms with Crippen LogP contribution < -0.4 is 4.74 Å². The second-order valence-electron chi connectivity index (χ2n) is 3.82. The Balaban J connectivity index is 2.55. The van der Waals surface area contributed by atoms with Crippen LogP contribution in [-0.4, -0.2) is 25.4 Å². The van der Waals surface area contributed by atoms with E-state index < -0.39 is 6.10 Å². The first kappa shape index (κ1) is 10.5. The first-order valence-corrected chi connectivity index (χ1v) is 5.16. The van der Waals surface area contributed by atoms with E-state index in [4.69, 9.17) is 9.47 Å². The van der Waals surface area contributed by atoms with Crippen LogP contribution in [0.3, 0.4) is 0 Å². The zero-order valence-corrected chi connectivity index (χ0v) is 9.12. The van der Waals surface area contributed by atoms with Crippen LogP contribution in [0.2, 0.25) is 0 Å². The molecule has 1 heterocycles. The van der Waals surface area contributed by atoms with E-state index in [-0.39, 0.29) is 0 Å². The van der Waals surface area contributed by atoms with Crippen molar-refractivity contribution in [1.82, 2.24) is 0 Å². The van der Waals surface area contributed by atoms with Gasteiger partial charge in [0, 0.05) is 5.56 Å². The van der Waals surface area contributed by atoms with E-state index in [0.717, 1.165) is 28.9 Å². The second-order valence-corrected chi connectivity index (χ2v) is 3.82. The number of ether oxygens (including phenoxy) is 2. The molecule has 15 heavy (non-hydrogen) atoms. The summed E-state index contributed by atoms with van der Waals surface area (Å²) in [6.07, 6.45) is 0.273. The van der Waals surface area contributed by atoms with E-state index in [9.17, 15) is 5.11 Å². The largest absolute Gasteiger partial charge is 0.496 e. The lowest BCUT2D eigenvalue weighted by Crippen LogP contribution is -2.07. The highest BCUT2D eigenvalue weighted by Crippen LogP contribution is 2.32. The van der Waals surface area contributed by atoms with Gasteiger partial charge in [0.2, 0.25) is 0 Å². The van der Waals surface area contributed by atoms with Crippen molar-refractivity contribution < 1.29 is 14.6 Å². The molecule has 1 unspecified atom stereocenters. The van der Waals surface area contributed by atoms with Gasteiger partial charge in [-0.1, -0.05) is 6.07 Å². The van der Waals surface area contributed by atoms with Crippen molar-refractivity contribution in [2.45, 2.75) is 19.4 Å². The van der Waals surface area contributed by atoms with Crippen LogP contribution in [-0.2, 0) is 11.2 Å². The van der Waals surface area contributed by atoms with Crippen molar-refractivity contribution in [2.75, 3.05) is 20.3 Å². The molecule has 3 heteroatoms. The first-order valence-electron chi connectivity index (χ1n) is 5.16. The maximum absolute atomic E-state index is 9.96. The van der Waals surface area contributed by atoms with Crippen LogP contribution in [0.5, 0.6) is 5.75 Å². The van der Waals surface area contributed by atoms with E-state index >= 15 is 0 Å². The summed E-state index contributed by atoms with van der Waals surface area (Å²) < 4.78 is 10.6. The molecule has 1 aromatic carbocycles. The van der Waals surface area contributed by atoms with Gasteiger partial charge in [0.25, 0.3) is 0 Å². The van der Waals surface area contributed by atoms with E-state index in [1.54, 1.807) is 7.11 Å². The number of aliphatic hydroxyl groups excluding tert-OH is 1. The average Bonchev–Trinajstić information content (AvgIpc) is 2.42. The number of fused-ring (bicyclic) bond motifs is 1. The van der Waals surface area contributed by atoms with Gasteiger partial charge in [-0.2, -0.15) is 0 Å². The predicted molar refractivity (Wildman–Crippen MR) is 57.2 cm³/mol. The highest BCUT2D eigenvalue weighted by molar-refractivity contribution is 5.46. The molecule has 0 fully saturated rings. The zero-order valence-electron chi connectivity index (χ0n) is 9.12. The molecule has 0 bridgehead atoms. The van der Waals surface area contributed by atoms with Crippen LogP contribution in [0.25, 0.3) is 0 Å². The Hall–Kier alpha value is -1.06. The quantitative estimate of drug-likeness (QED) is 0.762. The van der Waals surface area contributed by atoms with Crippen molar-refractivity contribution in [1.29, 1.82) is 0 Å². The zero-order chi connectivity index (χ0) is 10.8. The smallest absolute Gasteiger partial charge is 0.122 e. The van der Waals surface area contributed by atoms with Gasteiger partial charge in [-0.3, -0.25) is 0 Å². The van der Waals surface area contributed by atoms with Gasteiger partial charge in [0.1, 0.15) is 11.9 Å². The number of rotatable bonds is 1. The molecular weight excluding hydrogens is 192 g/mol. The lowest BCUT2D eigenvalue weighted by Gasteiger charge is -2.16. The predicted octanol–water partition coefficient (Wildman–Crippen LogP) is 1.61. The minimum absolute atomic E-state index is 0.376. The fourth-order valence-corrected chi connectivity index (χ4v) is 2.13. The SMILES string of the molecule is COc1ccc(C)c2c1CCOCC2O. The van der Waals surface area contributed by atoms with Gasteiger partial charge in [-0.05, 0) is 30.5 Å². The molecule has 2 rings (SSSR count). The molecule has 0 radical (unpaired) electrons. The summed E-state index contributed by atoms with van der Waals surface area (Å²) in [6, 6.07) is 3.93. The molecule has 0 spiro atoms. The molecule has 1 N–H and O–H groups in total. The highest BCUT2D eigenvalue weighted by atomic mass is 16.5. The third kappa shape index (κ3) is 1.85. The molecule has 0 aliphatic carbocycles. The van der Waals surface area contributed by atoms with Crippen LogP contribution in [0, 0.1) is 6.92 Å². The highest BCUT2D eigenvalue weighted by Gasteiger charge is 2.21. The summed E-state index contributed by atoms with van der Waals surface area (Å²) in [5.41, 5.74) is 3.16. The normalized spacial score (nSPS) is 20.6. The van der Waals surface area contributed by atoms with Gasteiger partial charge >= 0.3 is 0 Å². The average molecular weight is 208 g/mol. The molecule has 1 aliphatic heterocycles. The van der Waals surface area contributed by atoms with E-state index in [2.05, 4.69) is 0 Å². The molecule has 0 aromatic heterocycles. The number of methoxy groups -OCH3 is 1. The van der Waals surface area contributed by atoms with E-state index in [0.29, 0.717) is 13.2 Å². The molecule has 1 aromatic rings. The number of hydrogen-bond donors (Lipinski definition) is 1. The summed E-state index contributed by atoms with van der Waals surface area (Å²) in [5.74, 6) is 0.847. The topological polar surface area (TPSA) is 38.7 Å². The number of aryl methyl sites for hydroxylation is 1. The summed E-state index contributed by atoms with van der Waals surface area (Å²) in [6.45, 7) is 3.03. The Bertz CT molecular complexity index is 360. The third-order valence-electron chi connectivity index (χ3n) is 2.86. The van der Waals surface area contributed by atoms with Crippen LogP contribution >= 0.6 is 0 Å². The Morgan fingerprint density at radius 1 is 1.47 bits per heavy atom. The lowest BCUT2D eigenvalue weighted by molar-refractivity contribution is 0.0449. The fourth-order valence-electron chi connectivity index (χ4n) is 2.13. The molecule has 1 atom stereocenters. The van der Waals surface area contributed by atoms with Crippen molar-refractivity contribution in [3.8, 4) is 5.75 Å². The van der Waals surface area contributed by atoms with Gasteiger partial charge in [-0.25, -0.2) is 0 Å². The fraction of sp³-hybridized carbons (Fsp3) is 0.500. The Kier molecular flexibility index (Phi) is 2.93.